The highest BCUT2D eigenvalue weighted by atomic mass is 79.9. The Balaban J connectivity index is 2.42. The van der Waals surface area contributed by atoms with Crippen molar-refractivity contribution in [1.29, 1.82) is 0 Å². The lowest BCUT2D eigenvalue weighted by Crippen LogP contribution is -2.32. The van der Waals surface area contributed by atoms with Gasteiger partial charge in [-0.1, -0.05) is 13.0 Å². The molecular formula is C15H23BrFNO2. The molecule has 1 aromatic carbocycles. The number of hydrogen-bond acceptors (Lipinski definition) is 3. The summed E-state index contributed by atoms with van der Waals surface area (Å²) in [5.74, 6) is -0.225. The number of methoxy groups -OCH3 is 1. The molecule has 114 valence electrons. The summed E-state index contributed by atoms with van der Waals surface area (Å²) in [6.45, 7) is 4.93. The molecule has 1 rings (SSSR count). The molecule has 0 fully saturated rings. The van der Waals surface area contributed by atoms with Gasteiger partial charge in [-0.15, -0.1) is 0 Å². The van der Waals surface area contributed by atoms with E-state index in [2.05, 4.69) is 28.2 Å². The first-order valence-electron chi connectivity index (χ1n) is 6.91. The summed E-state index contributed by atoms with van der Waals surface area (Å²) in [6.07, 6.45) is 1.78. The van der Waals surface area contributed by atoms with Crippen LogP contribution in [0.2, 0.25) is 0 Å². The van der Waals surface area contributed by atoms with E-state index in [-0.39, 0.29) is 5.82 Å². The maximum atomic E-state index is 13.2. The lowest BCUT2D eigenvalue weighted by molar-refractivity contribution is 0.0659. The Morgan fingerprint density at radius 3 is 2.75 bits per heavy atom. The maximum Gasteiger partial charge on any atom is 0.137 e. The molecule has 1 aromatic rings. The van der Waals surface area contributed by atoms with Crippen LogP contribution in [0.4, 0.5) is 4.39 Å². The molecule has 1 N–H and O–H groups in total. The first-order chi connectivity index (χ1) is 9.67. The van der Waals surface area contributed by atoms with E-state index >= 15 is 0 Å². The van der Waals surface area contributed by atoms with Crippen LogP contribution in [0.25, 0.3) is 0 Å². The lowest BCUT2D eigenvalue weighted by atomic mass is 10.0. The van der Waals surface area contributed by atoms with Gasteiger partial charge in [-0.3, -0.25) is 0 Å². The third-order valence-electron chi connectivity index (χ3n) is 3.00. The van der Waals surface area contributed by atoms with Crippen molar-refractivity contribution < 1.29 is 13.9 Å². The Hall–Kier alpha value is -0.490. The van der Waals surface area contributed by atoms with E-state index in [4.69, 9.17) is 9.47 Å². The van der Waals surface area contributed by atoms with E-state index < -0.39 is 0 Å². The minimum atomic E-state index is -0.225. The van der Waals surface area contributed by atoms with E-state index in [0.717, 1.165) is 24.9 Å². The smallest absolute Gasteiger partial charge is 0.137 e. The molecule has 0 heterocycles. The first kappa shape index (κ1) is 17.6. The fraction of sp³-hybridized carbons (Fsp3) is 0.600. The van der Waals surface area contributed by atoms with Crippen molar-refractivity contribution in [3.05, 3.63) is 34.1 Å². The number of hydrogen-bond donors (Lipinski definition) is 1. The second-order valence-electron chi connectivity index (χ2n) is 4.60. The number of ether oxygens (including phenoxy) is 2. The SMILES string of the molecule is CCNC(CCOCCOC)Cc1ccc(F)c(Br)c1. The predicted molar refractivity (Wildman–Crippen MR) is 82.6 cm³/mol. The molecule has 0 saturated heterocycles. The molecule has 1 atom stereocenters. The average Bonchev–Trinajstić information content (AvgIpc) is 2.43. The second-order valence-corrected chi connectivity index (χ2v) is 5.46. The highest BCUT2D eigenvalue weighted by Gasteiger charge is 2.10. The third-order valence-corrected chi connectivity index (χ3v) is 3.61. The van der Waals surface area contributed by atoms with E-state index in [0.29, 0.717) is 30.3 Å². The second kappa shape index (κ2) is 10.3. The molecular weight excluding hydrogens is 325 g/mol. The van der Waals surface area contributed by atoms with Crippen molar-refractivity contribution >= 4 is 15.9 Å². The first-order valence-corrected chi connectivity index (χ1v) is 7.70. The summed E-state index contributed by atoms with van der Waals surface area (Å²) >= 11 is 3.22. The van der Waals surface area contributed by atoms with E-state index in [1.54, 1.807) is 7.11 Å². The van der Waals surface area contributed by atoms with Crippen molar-refractivity contribution in [1.82, 2.24) is 5.32 Å². The lowest BCUT2D eigenvalue weighted by Gasteiger charge is -2.18. The molecule has 0 aliphatic rings. The summed E-state index contributed by atoms with van der Waals surface area (Å²) in [4.78, 5) is 0. The van der Waals surface area contributed by atoms with Crippen LogP contribution in [-0.4, -0.2) is 39.5 Å². The van der Waals surface area contributed by atoms with Gasteiger partial charge in [0.25, 0.3) is 0 Å². The van der Waals surface area contributed by atoms with Gasteiger partial charge >= 0.3 is 0 Å². The summed E-state index contributed by atoms with van der Waals surface area (Å²) in [6, 6.07) is 5.50. The van der Waals surface area contributed by atoms with Crippen LogP contribution in [0.1, 0.15) is 18.9 Å². The number of benzene rings is 1. The highest BCUT2D eigenvalue weighted by molar-refractivity contribution is 9.10. The van der Waals surface area contributed by atoms with Gasteiger partial charge in [-0.25, -0.2) is 4.39 Å². The number of halogens is 2. The van der Waals surface area contributed by atoms with Crippen LogP contribution in [0.5, 0.6) is 0 Å². The highest BCUT2D eigenvalue weighted by Crippen LogP contribution is 2.18. The van der Waals surface area contributed by atoms with Gasteiger partial charge in [0.05, 0.1) is 17.7 Å². The van der Waals surface area contributed by atoms with Crippen LogP contribution in [-0.2, 0) is 15.9 Å². The Morgan fingerprint density at radius 2 is 2.10 bits per heavy atom. The zero-order valence-corrected chi connectivity index (χ0v) is 13.7. The molecule has 0 amide bonds. The quantitative estimate of drug-likeness (QED) is 0.659. The van der Waals surface area contributed by atoms with E-state index in [1.165, 1.54) is 6.07 Å². The molecule has 3 nitrogen and oxygen atoms in total. The molecule has 0 spiro atoms. The van der Waals surface area contributed by atoms with Crippen LogP contribution < -0.4 is 5.32 Å². The van der Waals surface area contributed by atoms with Gasteiger partial charge in [-0.05, 0) is 53.0 Å². The van der Waals surface area contributed by atoms with Crippen molar-refractivity contribution in [3.8, 4) is 0 Å². The average molecular weight is 348 g/mol. The van der Waals surface area contributed by atoms with Gasteiger partial charge in [0, 0.05) is 19.8 Å². The number of likely N-dealkylation sites (N-methyl/N-ethyl adjacent to an activating group) is 1. The summed E-state index contributed by atoms with van der Waals surface area (Å²) in [5, 5.41) is 3.44. The largest absolute Gasteiger partial charge is 0.382 e. The van der Waals surface area contributed by atoms with Crippen LogP contribution in [0.3, 0.4) is 0 Å². The number of rotatable bonds is 10. The van der Waals surface area contributed by atoms with E-state index in [1.807, 2.05) is 12.1 Å². The van der Waals surface area contributed by atoms with Crippen LogP contribution in [0.15, 0.2) is 22.7 Å². The van der Waals surface area contributed by atoms with Crippen molar-refractivity contribution in [2.24, 2.45) is 0 Å². The van der Waals surface area contributed by atoms with Crippen LogP contribution in [0, 0.1) is 5.82 Å². The van der Waals surface area contributed by atoms with E-state index in [9.17, 15) is 4.39 Å². The Kier molecular flexibility index (Phi) is 9.02. The fourth-order valence-corrected chi connectivity index (χ4v) is 2.41. The minimum Gasteiger partial charge on any atom is -0.382 e. The molecule has 0 radical (unpaired) electrons. The van der Waals surface area contributed by atoms with Gasteiger partial charge in [-0.2, -0.15) is 0 Å². The topological polar surface area (TPSA) is 30.5 Å². The molecule has 1 unspecified atom stereocenters. The molecule has 0 aliphatic heterocycles. The standard InChI is InChI=1S/C15H23BrFNO2/c1-3-18-13(6-7-20-9-8-19-2)10-12-4-5-15(17)14(16)11-12/h4-5,11,13,18H,3,6-10H2,1-2H3. The third kappa shape index (κ3) is 6.79. The summed E-state index contributed by atoms with van der Waals surface area (Å²) in [5.41, 5.74) is 1.11. The van der Waals surface area contributed by atoms with Crippen molar-refractivity contribution in [2.75, 3.05) is 33.5 Å². The van der Waals surface area contributed by atoms with Gasteiger partial charge in [0.1, 0.15) is 5.82 Å². The molecule has 0 bridgehead atoms. The van der Waals surface area contributed by atoms with Crippen molar-refractivity contribution in [2.45, 2.75) is 25.8 Å². The molecule has 0 aromatic heterocycles. The van der Waals surface area contributed by atoms with Gasteiger partial charge in [0.15, 0.2) is 0 Å². The Bertz CT molecular complexity index is 390. The normalized spacial score (nSPS) is 12.6. The molecule has 0 saturated carbocycles. The summed E-state index contributed by atoms with van der Waals surface area (Å²) in [7, 11) is 1.66. The monoisotopic (exact) mass is 347 g/mol. The zero-order chi connectivity index (χ0) is 14.8. The Morgan fingerprint density at radius 1 is 1.30 bits per heavy atom. The predicted octanol–water partition coefficient (Wildman–Crippen LogP) is 3.16. The van der Waals surface area contributed by atoms with Crippen molar-refractivity contribution in [3.63, 3.8) is 0 Å². The summed E-state index contributed by atoms with van der Waals surface area (Å²) < 4.78 is 24.2. The fourth-order valence-electron chi connectivity index (χ4n) is 1.99. The maximum absolute atomic E-state index is 13.2. The zero-order valence-electron chi connectivity index (χ0n) is 12.1. The molecule has 20 heavy (non-hydrogen) atoms. The molecule has 0 aliphatic carbocycles. The minimum absolute atomic E-state index is 0.225. The van der Waals surface area contributed by atoms with Gasteiger partial charge in [0.2, 0.25) is 0 Å². The van der Waals surface area contributed by atoms with Gasteiger partial charge < -0.3 is 14.8 Å². The molecule has 5 heteroatoms. The van der Waals surface area contributed by atoms with Crippen LogP contribution >= 0.6 is 15.9 Å². The number of nitrogens with one attached hydrogen (secondary N) is 1. The Labute approximate surface area is 129 Å².